The average molecular weight is 330 g/mol. The lowest BCUT2D eigenvalue weighted by molar-refractivity contribution is 0.304. The van der Waals surface area contributed by atoms with Crippen LogP contribution in [0, 0.1) is 5.82 Å². The fraction of sp³-hybridized carbons (Fsp3) is 0.231. The van der Waals surface area contributed by atoms with Crippen molar-refractivity contribution in [1.29, 1.82) is 0 Å². The van der Waals surface area contributed by atoms with Gasteiger partial charge in [0.1, 0.15) is 18.2 Å². The predicted octanol–water partition coefficient (Wildman–Crippen LogP) is 3.95. The van der Waals surface area contributed by atoms with E-state index >= 15 is 0 Å². The summed E-state index contributed by atoms with van der Waals surface area (Å²) in [4.78, 5) is 1.12. The third-order valence-corrected chi connectivity index (χ3v) is 4.34. The van der Waals surface area contributed by atoms with Crippen molar-refractivity contribution >= 4 is 27.3 Å². The van der Waals surface area contributed by atoms with Gasteiger partial charge in [0.05, 0.1) is 4.88 Å². The summed E-state index contributed by atoms with van der Waals surface area (Å²) in [5.41, 5.74) is 0.824. The summed E-state index contributed by atoms with van der Waals surface area (Å²) in [7, 11) is 1.82. The molecular weight excluding hydrogens is 317 g/mol. The first-order chi connectivity index (χ1) is 8.70. The zero-order valence-corrected chi connectivity index (χ0v) is 12.3. The van der Waals surface area contributed by atoms with Gasteiger partial charge in [0.15, 0.2) is 0 Å². The SMILES string of the molecule is CNCc1cc(F)ccc1OCc1sccc1Br. The second-order valence-corrected chi connectivity index (χ2v) is 5.62. The molecule has 1 N–H and O–H groups in total. The van der Waals surface area contributed by atoms with Gasteiger partial charge in [0, 0.05) is 16.6 Å². The van der Waals surface area contributed by atoms with Gasteiger partial charge in [-0.25, -0.2) is 4.39 Å². The highest BCUT2D eigenvalue weighted by Gasteiger charge is 2.07. The molecule has 0 radical (unpaired) electrons. The van der Waals surface area contributed by atoms with E-state index in [0.29, 0.717) is 18.9 Å². The highest BCUT2D eigenvalue weighted by Crippen LogP contribution is 2.26. The van der Waals surface area contributed by atoms with Gasteiger partial charge in [-0.3, -0.25) is 0 Å². The number of ether oxygens (including phenoxy) is 1. The molecule has 0 aliphatic heterocycles. The van der Waals surface area contributed by atoms with E-state index < -0.39 is 0 Å². The molecule has 18 heavy (non-hydrogen) atoms. The number of hydrogen-bond acceptors (Lipinski definition) is 3. The summed E-state index contributed by atoms with van der Waals surface area (Å²) in [6.45, 7) is 1.07. The highest BCUT2D eigenvalue weighted by molar-refractivity contribution is 9.10. The van der Waals surface area contributed by atoms with Crippen molar-refractivity contribution in [3.63, 3.8) is 0 Å². The van der Waals surface area contributed by atoms with Crippen LogP contribution in [0.15, 0.2) is 34.1 Å². The Morgan fingerprint density at radius 3 is 2.89 bits per heavy atom. The van der Waals surface area contributed by atoms with E-state index in [4.69, 9.17) is 4.74 Å². The van der Waals surface area contributed by atoms with E-state index in [9.17, 15) is 4.39 Å². The molecule has 0 aliphatic carbocycles. The first kappa shape index (κ1) is 13.5. The van der Waals surface area contributed by atoms with E-state index in [1.807, 2.05) is 18.5 Å². The van der Waals surface area contributed by atoms with Crippen molar-refractivity contribution in [2.24, 2.45) is 0 Å². The van der Waals surface area contributed by atoms with Crippen LogP contribution in [-0.4, -0.2) is 7.05 Å². The van der Waals surface area contributed by atoms with Crippen LogP contribution >= 0.6 is 27.3 Å². The summed E-state index contributed by atoms with van der Waals surface area (Å²) in [5, 5.41) is 5.00. The number of benzene rings is 1. The number of rotatable bonds is 5. The molecule has 0 atom stereocenters. The van der Waals surface area contributed by atoms with Crippen LogP contribution in [0.2, 0.25) is 0 Å². The average Bonchev–Trinajstić information content (AvgIpc) is 2.74. The van der Waals surface area contributed by atoms with Crippen LogP contribution in [0.4, 0.5) is 4.39 Å². The molecule has 0 aliphatic rings. The molecule has 5 heteroatoms. The maximum Gasteiger partial charge on any atom is 0.124 e. The van der Waals surface area contributed by atoms with Crippen LogP contribution in [-0.2, 0) is 13.2 Å². The first-order valence-electron chi connectivity index (χ1n) is 5.48. The Balaban J connectivity index is 2.11. The van der Waals surface area contributed by atoms with Gasteiger partial charge < -0.3 is 10.1 Å². The lowest BCUT2D eigenvalue weighted by Crippen LogP contribution is -2.08. The number of nitrogens with one attached hydrogen (secondary N) is 1. The molecule has 2 nitrogen and oxygen atoms in total. The molecule has 0 unspecified atom stereocenters. The van der Waals surface area contributed by atoms with Crippen LogP contribution in [0.25, 0.3) is 0 Å². The monoisotopic (exact) mass is 329 g/mol. The summed E-state index contributed by atoms with van der Waals surface area (Å²) in [6.07, 6.45) is 0. The Kier molecular flexibility index (Phi) is 4.74. The third kappa shape index (κ3) is 3.31. The Labute approximate surface area is 118 Å². The second-order valence-electron chi connectivity index (χ2n) is 3.76. The van der Waals surface area contributed by atoms with Gasteiger partial charge in [-0.15, -0.1) is 11.3 Å². The number of hydrogen-bond donors (Lipinski definition) is 1. The maximum atomic E-state index is 13.2. The van der Waals surface area contributed by atoms with E-state index in [1.165, 1.54) is 12.1 Å². The van der Waals surface area contributed by atoms with E-state index in [-0.39, 0.29) is 5.82 Å². The van der Waals surface area contributed by atoms with Crippen molar-refractivity contribution in [2.75, 3.05) is 7.05 Å². The third-order valence-electron chi connectivity index (χ3n) is 2.44. The molecule has 2 aromatic rings. The van der Waals surface area contributed by atoms with Crippen LogP contribution in [0.3, 0.4) is 0 Å². The van der Waals surface area contributed by atoms with E-state index in [0.717, 1.165) is 14.9 Å². The number of halogens is 2. The van der Waals surface area contributed by atoms with Gasteiger partial charge in [0.2, 0.25) is 0 Å². The topological polar surface area (TPSA) is 21.3 Å². The molecule has 0 spiro atoms. The maximum absolute atomic E-state index is 13.2. The largest absolute Gasteiger partial charge is 0.488 e. The summed E-state index contributed by atoms with van der Waals surface area (Å²) >= 11 is 5.09. The van der Waals surface area contributed by atoms with Crippen LogP contribution < -0.4 is 10.1 Å². The van der Waals surface area contributed by atoms with Crippen LogP contribution in [0.1, 0.15) is 10.4 Å². The standard InChI is InChI=1S/C13H13BrFNOS/c1-16-7-9-6-10(15)2-3-12(9)17-8-13-11(14)4-5-18-13/h2-6,16H,7-8H2,1H3. The molecule has 1 aromatic heterocycles. The Morgan fingerprint density at radius 1 is 1.39 bits per heavy atom. The van der Waals surface area contributed by atoms with Crippen molar-refractivity contribution in [1.82, 2.24) is 5.32 Å². The van der Waals surface area contributed by atoms with E-state index in [2.05, 4.69) is 21.2 Å². The van der Waals surface area contributed by atoms with Crippen molar-refractivity contribution in [3.05, 3.63) is 50.4 Å². The molecule has 0 fully saturated rings. The van der Waals surface area contributed by atoms with E-state index in [1.54, 1.807) is 17.4 Å². The summed E-state index contributed by atoms with van der Waals surface area (Å²) in [6, 6.07) is 6.57. The molecule has 0 saturated carbocycles. The van der Waals surface area contributed by atoms with Gasteiger partial charge >= 0.3 is 0 Å². The van der Waals surface area contributed by atoms with Crippen molar-refractivity contribution < 1.29 is 9.13 Å². The van der Waals surface area contributed by atoms with Crippen molar-refractivity contribution in [2.45, 2.75) is 13.2 Å². The Morgan fingerprint density at radius 2 is 2.22 bits per heavy atom. The number of thiophene rings is 1. The van der Waals surface area contributed by atoms with Gasteiger partial charge in [-0.05, 0) is 52.6 Å². The normalized spacial score (nSPS) is 10.6. The zero-order chi connectivity index (χ0) is 13.0. The molecular formula is C13H13BrFNOS. The molecule has 1 heterocycles. The Bertz CT molecular complexity index is 529. The minimum atomic E-state index is -0.245. The lowest BCUT2D eigenvalue weighted by Gasteiger charge is -2.11. The van der Waals surface area contributed by atoms with Gasteiger partial charge in [0.25, 0.3) is 0 Å². The van der Waals surface area contributed by atoms with Gasteiger partial charge in [-0.2, -0.15) is 0 Å². The van der Waals surface area contributed by atoms with Crippen LogP contribution in [0.5, 0.6) is 5.75 Å². The molecule has 96 valence electrons. The lowest BCUT2D eigenvalue weighted by atomic mass is 10.2. The minimum Gasteiger partial charge on any atom is -0.488 e. The van der Waals surface area contributed by atoms with Gasteiger partial charge in [-0.1, -0.05) is 0 Å². The fourth-order valence-corrected chi connectivity index (χ4v) is 2.97. The highest BCUT2D eigenvalue weighted by atomic mass is 79.9. The Hall–Kier alpha value is -0.910. The molecule has 0 bridgehead atoms. The summed E-state index contributed by atoms with van der Waals surface area (Å²) in [5.74, 6) is 0.468. The second kappa shape index (κ2) is 6.31. The fourth-order valence-electron chi connectivity index (χ4n) is 1.59. The molecule has 0 amide bonds. The first-order valence-corrected chi connectivity index (χ1v) is 7.15. The predicted molar refractivity (Wildman–Crippen MR) is 75.5 cm³/mol. The zero-order valence-electron chi connectivity index (χ0n) is 9.87. The molecule has 2 rings (SSSR count). The van der Waals surface area contributed by atoms with Crippen molar-refractivity contribution in [3.8, 4) is 5.75 Å². The molecule has 0 saturated heterocycles. The molecule has 1 aromatic carbocycles. The smallest absolute Gasteiger partial charge is 0.124 e. The quantitative estimate of drug-likeness (QED) is 0.896. The minimum absolute atomic E-state index is 0.245. The summed E-state index contributed by atoms with van der Waals surface area (Å²) < 4.78 is 19.9.